The first kappa shape index (κ1) is 14.4. The quantitative estimate of drug-likeness (QED) is 0.730. The molecule has 3 N–H and O–H groups in total. The van der Waals surface area contributed by atoms with Crippen molar-refractivity contribution in [2.75, 3.05) is 18.4 Å². The first-order valence-corrected chi connectivity index (χ1v) is 5.99. The minimum Gasteiger partial charge on any atom is -0.391 e. The number of carbonyl (C=O) groups is 1. The van der Waals surface area contributed by atoms with E-state index in [1.807, 2.05) is 32.9 Å². The van der Waals surface area contributed by atoms with Crippen LogP contribution in [-0.4, -0.2) is 35.2 Å². The monoisotopic (exact) mass is 251 g/mol. The van der Waals surface area contributed by atoms with Crippen LogP contribution in [-0.2, 0) is 4.79 Å². The zero-order valence-corrected chi connectivity index (χ0v) is 11.1. The highest BCUT2D eigenvalue weighted by atomic mass is 16.3. The lowest BCUT2D eigenvalue weighted by Gasteiger charge is -2.25. The van der Waals surface area contributed by atoms with E-state index in [9.17, 15) is 9.90 Å². The molecule has 1 unspecified atom stereocenters. The highest BCUT2D eigenvalue weighted by molar-refractivity contribution is 5.80. The molecule has 0 fully saturated rings. The fourth-order valence-electron chi connectivity index (χ4n) is 1.22. The Balaban J connectivity index is 2.27. The van der Waals surface area contributed by atoms with Crippen molar-refractivity contribution in [3.8, 4) is 0 Å². The standard InChI is InChI=1S/C13H21N3O2/c1-13(2,3)10(17)8-16-12(18)9-15-11-6-4-5-7-14-11/h4-7,10,17H,8-9H2,1-3H3,(H,14,15)(H,16,18). The average molecular weight is 251 g/mol. The number of aliphatic hydroxyl groups excluding tert-OH is 1. The van der Waals surface area contributed by atoms with Crippen LogP contribution in [0.2, 0.25) is 0 Å². The van der Waals surface area contributed by atoms with Crippen molar-refractivity contribution in [2.24, 2.45) is 5.41 Å². The maximum absolute atomic E-state index is 11.5. The van der Waals surface area contributed by atoms with Gasteiger partial charge in [0.15, 0.2) is 0 Å². The Morgan fingerprint density at radius 3 is 2.72 bits per heavy atom. The number of hydrogen-bond acceptors (Lipinski definition) is 4. The fourth-order valence-corrected chi connectivity index (χ4v) is 1.22. The molecule has 1 amide bonds. The Morgan fingerprint density at radius 1 is 1.44 bits per heavy atom. The van der Waals surface area contributed by atoms with Gasteiger partial charge in [0.2, 0.25) is 5.91 Å². The molecule has 1 aromatic heterocycles. The van der Waals surface area contributed by atoms with E-state index < -0.39 is 6.10 Å². The summed E-state index contributed by atoms with van der Waals surface area (Å²) in [6.07, 6.45) is 1.10. The van der Waals surface area contributed by atoms with Gasteiger partial charge in [0, 0.05) is 12.7 Å². The van der Waals surface area contributed by atoms with Gasteiger partial charge in [-0.25, -0.2) is 4.98 Å². The van der Waals surface area contributed by atoms with Crippen molar-refractivity contribution in [3.05, 3.63) is 24.4 Å². The summed E-state index contributed by atoms with van der Waals surface area (Å²) < 4.78 is 0. The maximum atomic E-state index is 11.5. The molecule has 5 heteroatoms. The SMILES string of the molecule is CC(C)(C)C(O)CNC(=O)CNc1ccccn1. The van der Waals surface area contributed by atoms with E-state index in [2.05, 4.69) is 15.6 Å². The molecule has 0 radical (unpaired) electrons. The molecule has 18 heavy (non-hydrogen) atoms. The van der Waals surface area contributed by atoms with Crippen LogP contribution >= 0.6 is 0 Å². The molecule has 0 aliphatic heterocycles. The average Bonchev–Trinajstić information content (AvgIpc) is 2.33. The molecule has 1 heterocycles. The Labute approximate surface area is 108 Å². The maximum Gasteiger partial charge on any atom is 0.239 e. The third kappa shape index (κ3) is 5.14. The number of pyridine rings is 1. The topological polar surface area (TPSA) is 74.2 Å². The van der Waals surface area contributed by atoms with Crippen LogP contribution in [0.4, 0.5) is 5.82 Å². The van der Waals surface area contributed by atoms with Gasteiger partial charge in [-0.05, 0) is 17.5 Å². The Hall–Kier alpha value is -1.62. The lowest BCUT2D eigenvalue weighted by molar-refractivity contribution is -0.120. The molecule has 0 aliphatic carbocycles. The van der Waals surface area contributed by atoms with Crippen molar-refractivity contribution in [1.29, 1.82) is 0 Å². The molecular weight excluding hydrogens is 230 g/mol. The zero-order valence-electron chi connectivity index (χ0n) is 11.1. The van der Waals surface area contributed by atoms with Crippen molar-refractivity contribution in [2.45, 2.75) is 26.9 Å². The number of nitrogens with zero attached hydrogens (tertiary/aromatic N) is 1. The van der Waals surface area contributed by atoms with Gasteiger partial charge >= 0.3 is 0 Å². The summed E-state index contributed by atoms with van der Waals surface area (Å²) >= 11 is 0. The smallest absolute Gasteiger partial charge is 0.239 e. The van der Waals surface area contributed by atoms with E-state index in [1.54, 1.807) is 12.3 Å². The zero-order chi connectivity index (χ0) is 13.6. The lowest BCUT2D eigenvalue weighted by atomic mass is 9.89. The van der Waals surface area contributed by atoms with E-state index in [0.29, 0.717) is 5.82 Å². The highest BCUT2D eigenvalue weighted by Gasteiger charge is 2.22. The third-order valence-electron chi connectivity index (χ3n) is 2.59. The van der Waals surface area contributed by atoms with Gasteiger partial charge in [-0.15, -0.1) is 0 Å². The molecule has 0 aliphatic rings. The van der Waals surface area contributed by atoms with Gasteiger partial charge in [-0.1, -0.05) is 26.8 Å². The van der Waals surface area contributed by atoms with Crippen molar-refractivity contribution >= 4 is 11.7 Å². The number of hydrogen-bond donors (Lipinski definition) is 3. The predicted octanol–water partition coefficient (Wildman–Crippen LogP) is 1.02. The van der Waals surface area contributed by atoms with E-state index in [0.717, 1.165) is 0 Å². The van der Waals surface area contributed by atoms with Crippen LogP contribution < -0.4 is 10.6 Å². The molecule has 1 rings (SSSR count). The van der Waals surface area contributed by atoms with Crippen LogP contribution in [0.3, 0.4) is 0 Å². The Bertz CT molecular complexity index is 374. The molecule has 100 valence electrons. The first-order valence-electron chi connectivity index (χ1n) is 5.99. The Kier molecular flexibility index (Phi) is 5.09. The predicted molar refractivity (Wildman–Crippen MR) is 71.2 cm³/mol. The summed E-state index contributed by atoms with van der Waals surface area (Å²) in [5, 5.41) is 15.4. The van der Waals surface area contributed by atoms with Crippen molar-refractivity contribution in [1.82, 2.24) is 10.3 Å². The molecule has 5 nitrogen and oxygen atoms in total. The summed E-state index contributed by atoms with van der Waals surface area (Å²) in [5.41, 5.74) is -0.234. The van der Waals surface area contributed by atoms with E-state index in [-0.39, 0.29) is 24.4 Å². The second-order valence-electron chi connectivity index (χ2n) is 5.25. The number of rotatable bonds is 5. The molecule has 1 atom stereocenters. The number of aliphatic hydroxyl groups is 1. The second kappa shape index (κ2) is 6.35. The first-order chi connectivity index (χ1) is 8.39. The van der Waals surface area contributed by atoms with Crippen LogP contribution in [0.15, 0.2) is 24.4 Å². The minimum atomic E-state index is -0.559. The van der Waals surface area contributed by atoms with Gasteiger partial charge in [-0.3, -0.25) is 4.79 Å². The summed E-state index contributed by atoms with van der Waals surface area (Å²) in [5.74, 6) is 0.493. The summed E-state index contributed by atoms with van der Waals surface area (Å²) in [6.45, 7) is 6.18. The van der Waals surface area contributed by atoms with Crippen LogP contribution in [0.25, 0.3) is 0 Å². The molecule has 0 saturated carbocycles. The van der Waals surface area contributed by atoms with Gasteiger partial charge in [0.05, 0.1) is 12.6 Å². The molecule has 0 saturated heterocycles. The summed E-state index contributed by atoms with van der Waals surface area (Å²) in [4.78, 5) is 15.6. The summed E-state index contributed by atoms with van der Waals surface area (Å²) in [6, 6.07) is 5.44. The number of nitrogens with one attached hydrogen (secondary N) is 2. The number of anilines is 1. The van der Waals surface area contributed by atoms with Gasteiger partial charge in [0.1, 0.15) is 5.82 Å². The third-order valence-corrected chi connectivity index (χ3v) is 2.59. The van der Waals surface area contributed by atoms with E-state index in [1.165, 1.54) is 0 Å². The van der Waals surface area contributed by atoms with Gasteiger partial charge < -0.3 is 15.7 Å². The van der Waals surface area contributed by atoms with Gasteiger partial charge in [-0.2, -0.15) is 0 Å². The molecule has 0 bridgehead atoms. The van der Waals surface area contributed by atoms with E-state index in [4.69, 9.17) is 0 Å². The Morgan fingerprint density at radius 2 is 2.17 bits per heavy atom. The normalized spacial score (nSPS) is 12.9. The number of aromatic nitrogens is 1. The van der Waals surface area contributed by atoms with Crippen LogP contribution in [0.1, 0.15) is 20.8 Å². The second-order valence-corrected chi connectivity index (χ2v) is 5.25. The number of carbonyl (C=O) groups excluding carboxylic acids is 1. The lowest BCUT2D eigenvalue weighted by Crippen LogP contribution is -2.41. The van der Waals surface area contributed by atoms with E-state index >= 15 is 0 Å². The molecule has 0 aromatic carbocycles. The van der Waals surface area contributed by atoms with Crippen LogP contribution in [0.5, 0.6) is 0 Å². The van der Waals surface area contributed by atoms with Crippen LogP contribution in [0, 0.1) is 5.41 Å². The van der Waals surface area contributed by atoms with Crippen molar-refractivity contribution in [3.63, 3.8) is 0 Å². The number of amides is 1. The molecule has 1 aromatic rings. The molecular formula is C13H21N3O2. The van der Waals surface area contributed by atoms with Gasteiger partial charge in [0.25, 0.3) is 0 Å². The minimum absolute atomic E-state index is 0.147. The summed E-state index contributed by atoms with van der Waals surface area (Å²) in [7, 11) is 0. The highest BCUT2D eigenvalue weighted by Crippen LogP contribution is 2.17. The molecule has 0 spiro atoms. The largest absolute Gasteiger partial charge is 0.391 e. The fraction of sp³-hybridized carbons (Fsp3) is 0.538. The van der Waals surface area contributed by atoms with Crippen molar-refractivity contribution < 1.29 is 9.90 Å².